The molecule has 4 rings (SSSR count). The molecule has 1 aromatic carbocycles. The molecule has 4 heteroatoms. The molecule has 0 bridgehead atoms. The molecule has 0 saturated carbocycles. The Morgan fingerprint density at radius 3 is 2.58 bits per heavy atom. The average molecular weight is 372 g/mol. The van der Waals surface area contributed by atoms with Crippen LogP contribution in [0.3, 0.4) is 0 Å². The number of hydrogen-bond donors (Lipinski definition) is 0. The van der Waals surface area contributed by atoms with E-state index in [4.69, 9.17) is 9.47 Å². The predicted molar refractivity (Wildman–Crippen MR) is 106 cm³/mol. The van der Waals surface area contributed by atoms with Gasteiger partial charge < -0.3 is 9.47 Å². The van der Waals surface area contributed by atoms with E-state index in [0.717, 1.165) is 39.1 Å². The number of piperidine rings is 1. The summed E-state index contributed by atoms with van der Waals surface area (Å²) < 4.78 is 12.2. The van der Waals surface area contributed by atoms with Crippen LogP contribution in [0.1, 0.15) is 54.5 Å². The van der Waals surface area contributed by atoms with Crippen LogP contribution in [0.4, 0.5) is 0 Å². The normalized spacial score (nSPS) is 19.8. The fourth-order valence-electron chi connectivity index (χ4n) is 3.96. The van der Waals surface area contributed by atoms with Gasteiger partial charge in [0, 0.05) is 29.4 Å². The maximum Gasteiger partial charge on any atom is 0.0963 e. The standard InChI is InChI=1S/C22H29NO2S/c1-21(2,3)24-16-19-9-8-18(26-19)14-23-12-10-22(11-13-23)20-7-5-4-6-17(20)15-25-22/h4-9H,10-16H2,1-3H3. The Morgan fingerprint density at radius 2 is 1.81 bits per heavy atom. The summed E-state index contributed by atoms with van der Waals surface area (Å²) in [6.45, 7) is 11.0. The van der Waals surface area contributed by atoms with E-state index in [-0.39, 0.29) is 11.2 Å². The second-order valence-electron chi connectivity index (χ2n) is 8.49. The van der Waals surface area contributed by atoms with Crippen molar-refractivity contribution in [2.75, 3.05) is 13.1 Å². The maximum absolute atomic E-state index is 6.28. The first kappa shape index (κ1) is 18.2. The summed E-state index contributed by atoms with van der Waals surface area (Å²) in [6, 6.07) is 13.2. The van der Waals surface area contributed by atoms with Crippen LogP contribution >= 0.6 is 11.3 Å². The summed E-state index contributed by atoms with van der Waals surface area (Å²) >= 11 is 1.88. The number of nitrogens with zero attached hydrogens (tertiary/aromatic N) is 1. The van der Waals surface area contributed by atoms with Gasteiger partial charge in [-0.2, -0.15) is 0 Å². The van der Waals surface area contributed by atoms with Gasteiger partial charge in [0.1, 0.15) is 0 Å². The van der Waals surface area contributed by atoms with Crippen LogP contribution in [0.5, 0.6) is 0 Å². The molecule has 2 aliphatic heterocycles. The molecule has 0 unspecified atom stereocenters. The van der Waals surface area contributed by atoms with Crippen LogP contribution in [0.2, 0.25) is 0 Å². The Hall–Kier alpha value is -1.20. The molecule has 1 aromatic heterocycles. The van der Waals surface area contributed by atoms with Crippen molar-refractivity contribution in [1.29, 1.82) is 0 Å². The van der Waals surface area contributed by atoms with Gasteiger partial charge in [-0.1, -0.05) is 24.3 Å². The summed E-state index contributed by atoms with van der Waals surface area (Å²) in [5, 5.41) is 0. The van der Waals surface area contributed by atoms with E-state index < -0.39 is 0 Å². The molecule has 1 saturated heterocycles. The molecular formula is C22H29NO2S. The average Bonchev–Trinajstić information content (AvgIpc) is 3.21. The van der Waals surface area contributed by atoms with Crippen molar-refractivity contribution in [3.05, 3.63) is 57.3 Å². The molecule has 3 nitrogen and oxygen atoms in total. The molecule has 2 aliphatic rings. The van der Waals surface area contributed by atoms with Gasteiger partial charge in [0.15, 0.2) is 0 Å². The molecule has 0 radical (unpaired) electrons. The topological polar surface area (TPSA) is 21.7 Å². The maximum atomic E-state index is 6.28. The highest BCUT2D eigenvalue weighted by molar-refractivity contribution is 7.11. The third-order valence-electron chi connectivity index (χ3n) is 5.42. The van der Waals surface area contributed by atoms with Gasteiger partial charge >= 0.3 is 0 Å². The zero-order valence-corrected chi connectivity index (χ0v) is 16.9. The number of hydrogen-bond acceptors (Lipinski definition) is 4. The van der Waals surface area contributed by atoms with Gasteiger partial charge in [-0.25, -0.2) is 0 Å². The molecule has 0 amide bonds. The predicted octanol–water partition coefficient (Wildman–Crippen LogP) is 5.08. The Kier molecular flexibility index (Phi) is 4.95. The minimum absolute atomic E-state index is 0.0335. The van der Waals surface area contributed by atoms with E-state index in [2.05, 4.69) is 62.1 Å². The second-order valence-corrected chi connectivity index (χ2v) is 9.74. The van der Waals surface area contributed by atoms with E-state index in [1.165, 1.54) is 20.9 Å². The van der Waals surface area contributed by atoms with Gasteiger partial charge in [0.05, 0.1) is 24.4 Å². The Bertz CT molecular complexity index is 753. The molecule has 3 heterocycles. The molecule has 26 heavy (non-hydrogen) atoms. The highest BCUT2D eigenvalue weighted by Gasteiger charge is 2.42. The number of likely N-dealkylation sites (tertiary alicyclic amines) is 1. The first-order chi connectivity index (χ1) is 12.4. The van der Waals surface area contributed by atoms with Crippen LogP contribution < -0.4 is 0 Å². The largest absolute Gasteiger partial charge is 0.370 e. The van der Waals surface area contributed by atoms with E-state index >= 15 is 0 Å². The quantitative estimate of drug-likeness (QED) is 0.748. The van der Waals surface area contributed by atoms with Gasteiger partial charge in [0.2, 0.25) is 0 Å². The smallest absolute Gasteiger partial charge is 0.0963 e. The third-order valence-corrected chi connectivity index (χ3v) is 6.46. The van der Waals surface area contributed by atoms with Gasteiger partial charge in [-0.05, 0) is 56.9 Å². The molecule has 1 spiro atoms. The Labute approximate surface area is 160 Å². The van der Waals surface area contributed by atoms with Crippen molar-refractivity contribution in [3.63, 3.8) is 0 Å². The van der Waals surface area contributed by atoms with Crippen molar-refractivity contribution in [2.45, 2.75) is 64.6 Å². The fourth-order valence-corrected chi connectivity index (χ4v) is 4.94. The zero-order valence-electron chi connectivity index (χ0n) is 16.1. The van der Waals surface area contributed by atoms with Crippen LogP contribution in [0.25, 0.3) is 0 Å². The lowest BCUT2D eigenvalue weighted by atomic mass is 9.84. The molecule has 0 N–H and O–H groups in total. The molecule has 0 aliphatic carbocycles. The van der Waals surface area contributed by atoms with Gasteiger partial charge in [0.25, 0.3) is 0 Å². The molecule has 1 fully saturated rings. The summed E-state index contributed by atoms with van der Waals surface area (Å²) in [5.41, 5.74) is 2.69. The number of ether oxygens (including phenoxy) is 2. The Balaban J connectivity index is 1.33. The third kappa shape index (κ3) is 3.89. The lowest BCUT2D eigenvalue weighted by Gasteiger charge is -2.39. The zero-order chi connectivity index (χ0) is 18.2. The van der Waals surface area contributed by atoms with E-state index in [1.807, 2.05) is 11.3 Å². The monoisotopic (exact) mass is 371 g/mol. The van der Waals surface area contributed by atoms with Crippen LogP contribution in [-0.2, 0) is 34.8 Å². The van der Waals surface area contributed by atoms with Crippen molar-refractivity contribution < 1.29 is 9.47 Å². The first-order valence-corrected chi connectivity index (χ1v) is 10.4. The van der Waals surface area contributed by atoms with E-state index in [1.54, 1.807) is 0 Å². The summed E-state index contributed by atoms with van der Waals surface area (Å²) in [6.07, 6.45) is 2.19. The fraction of sp³-hybridized carbons (Fsp3) is 0.545. The van der Waals surface area contributed by atoms with Crippen molar-refractivity contribution in [2.24, 2.45) is 0 Å². The van der Waals surface area contributed by atoms with Crippen LogP contribution in [0.15, 0.2) is 36.4 Å². The number of rotatable bonds is 4. The number of fused-ring (bicyclic) bond motifs is 2. The minimum Gasteiger partial charge on any atom is -0.370 e. The highest BCUT2D eigenvalue weighted by Crippen LogP contribution is 2.44. The van der Waals surface area contributed by atoms with Crippen LogP contribution in [0, 0.1) is 0 Å². The van der Waals surface area contributed by atoms with Crippen molar-refractivity contribution in [1.82, 2.24) is 4.90 Å². The van der Waals surface area contributed by atoms with Crippen molar-refractivity contribution in [3.8, 4) is 0 Å². The highest BCUT2D eigenvalue weighted by atomic mass is 32.1. The summed E-state index contributed by atoms with van der Waals surface area (Å²) in [4.78, 5) is 5.31. The lowest BCUT2D eigenvalue weighted by Crippen LogP contribution is -2.41. The molecule has 2 aromatic rings. The summed E-state index contributed by atoms with van der Waals surface area (Å²) in [5.74, 6) is 0. The van der Waals surface area contributed by atoms with E-state index in [0.29, 0.717) is 6.61 Å². The van der Waals surface area contributed by atoms with Gasteiger partial charge in [-0.15, -0.1) is 11.3 Å². The first-order valence-electron chi connectivity index (χ1n) is 9.60. The number of benzene rings is 1. The second kappa shape index (κ2) is 7.08. The van der Waals surface area contributed by atoms with E-state index in [9.17, 15) is 0 Å². The van der Waals surface area contributed by atoms with Gasteiger partial charge in [-0.3, -0.25) is 4.90 Å². The van der Waals surface area contributed by atoms with Crippen LogP contribution in [-0.4, -0.2) is 23.6 Å². The molecule has 0 atom stereocenters. The minimum atomic E-state index is -0.0804. The lowest BCUT2D eigenvalue weighted by molar-refractivity contribution is -0.0798. The number of thiophene rings is 1. The molecular weight excluding hydrogens is 342 g/mol. The summed E-state index contributed by atoms with van der Waals surface area (Å²) in [7, 11) is 0. The Morgan fingerprint density at radius 1 is 1.08 bits per heavy atom. The SMILES string of the molecule is CC(C)(C)OCc1ccc(CN2CCC3(CC2)OCc2ccccc23)s1. The van der Waals surface area contributed by atoms with Crippen molar-refractivity contribution >= 4 is 11.3 Å². The molecule has 140 valence electrons.